The number of nitrogens with one attached hydrogen (secondary N) is 2. The highest BCUT2D eigenvalue weighted by Crippen LogP contribution is 2.22. The molecule has 2 heterocycles. The molecule has 4 nitrogen and oxygen atoms in total. The van der Waals surface area contributed by atoms with Crippen molar-refractivity contribution in [2.45, 2.75) is 25.8 Å². The summed E-state index contributed by atoms with van der Waals surface area (Å²) in [4.78, 5) is 0. The van der Waals surface area contributed by atoms with Crippen LogP contribution in [-0.2, 0) is 0 Å². The molecule has 2 N–H and O–H groups in total. The van der Waals surface area contributed by atoms with E-state index >= 15 is 0 Å². The first kappa shape index (κ1) is 10.6. The molecule has 90 valence electrons. The van der Waals surface area contributed by atoms with Crippen LogP contribution >= 0.6 is 0 Å². The van der Waals surface area contributed by atoms with Crippen LogP contribution in [0.2, 0.25) is 0 Å². The molecule has 1 saturated heterocycles. The maximum absolute atomic E-state index is 5.82. The van der Waals surface area contributed by atoms with Crippen molar-refractivity contribution in [1.29, 1.82) is 0 Å². The Morgan fingerprint density at radius 2 is 2.41 bits per heavy atom. The third kappa shape index (κ3) is 2.13. The van der Waals surface area contributed by atoms with Gasteiger partial charge in [-0.25, -0.2) is 0 Å². The minimum atomic E-state index is 0.510. The summed E-state index contributed by atoms with van der Waals surface area (Å²) in [6.07, 6.45) is 2.47. The van der Waals surface area contributed by atoms with Gasteiger partial charge in [0, 0.05) is 17.1 Å². The molecule has 0 amide bonds. The van der Waals surface area contributed by atoms with E-state index in [9.17, 15) is 0 Å². The molecule has 1 fully saturated rings. The fraction of sp³-hybridized carbons (Fsp3) is 0.462. The number of aryl methyl sites for hydroxylation is 1. The van der Waals surface area contributed by atoms with Gasteiger partial charge in [-0.05, 0) is 44.5 Å². The molecule has 0 spiro atoms. The summed E-state index contributed by atoms with van der Waals surface area (Å²) >= 11 is 0. The maximum atomic E-state index is 5.82. The van der Waals surface area contributed by atoms with Gasteiger partial charge in [-0.2, -0.15) is 5.10 Å². The van der Waals surface area contributed by atoms with E-state index in [1.165, 1.54) is 12.8 Å². The molecule has 1 aliphatic rings. The van der Waals surface area contributed by atoms with Crippen molar-refractivity contribution in [2.75, 3.05) is 13.2 Å². The van der Waals surface area contributed by atoms with Crippen LogP contribution in [0.1, 0.15) is 18.5 Å². The van der Waals surface area contributed by atoms with Crippen molar-refractivity contribution in [2.24, 2.45) is 0 Å². The maximum Gasteiger partial charge on any atom is 0.120 e. The van der Waals surface area contributed by atoms with Crippen LogP contribution in [0, 0.1) is 6.92 Å². The first-order valence-corrected chi connectivity index (χ1v) is 6.14. The second kappa shape index (κ2) is 4.37. The number of rotatable bonds is 3. The predicted molar refractivity (Wildman–Crippen MR) is 67.4 cm³/mol. The van der Waals surface area contributed by atoms with Crippen LogP contribution < -0.4 is 10.1 Å². The number of hydrogen-bond acceptors (Lipinski definition) is 3. The lowest BCUT2D eigenvalue weighted by molar-refractivity contribution is 0.277. The van der Waals surface area contributed by atoms with Gasteiger partial charge >= 0.3 is 0 Å². The standard InChI is InChI=1S/C13H17N3O/c1-9-12-7-11(4-5-13(12)16-15-9)17-8-10-3-2-6-14-10/h4-5,7,10,14H,2-3,6,8H2,1H3,(H,15,16). The summed E-state index contributed by atoms with van der Waals surface area (Å²) < 4.78 is 5.82. The summed E-state index contributed by atoms with van der Waals surface area (Å²) in [5.41, 5.74) is 2.08. The fourth-order valence-corrected chi connectivity index (χ4v) is 2.30. The lowest BCUT2D eigenvalue weighted by atomic mass is 10.2. The number of ether oxygens (including phenoxy) is 1. The second-order valence-corrected chi connectivity index (χ2v) is 4.63. The average Bonchev–Trinajstić information content (AvgIpc) is 2.97. The monoisotopic (exact) mass is 231 g/mol. The van der Waals surface area contributed by atoms with Crippen LogP contribution in [-0.4, -0.2) is 29.4 Å². The average molecular weight is 231 g/mol. The number of aromatic amines is 1. The zero-order valence-electron chi connectivity index (χ0n) is 9.99. The van der Waals surface area contributed by atoms with Gasteiger partial charge in [-0.15, -0.1) is 0 Å². The van der Waals surface area contributed by atoms with E-state index in [2.05, 4.69) is 21.6 Å². The Hall–Kier alpha value is -1.55. The number of hydrogen-bond donors (Lipinski definition) is 2. The smallest absolute Gasteiger partial charge is 0.120 e. The molecule has 1 aliphatic heterocycles. The highest BCUT2D eigenvalue weighted by molar-refractivity contribution is 5.82. The topological polar surface area (TPSA) is 49.9 Å². The van der Waals surface area contributed by atoms with Gasteiger partial charge in [-0.1, -0.05) is 0 Å². The van der Waals surface area contributed by atoms with Gasteiger partial charge in [0.25, 0.3) is 0 Å². The first-order valence-electron chi connectivity index (χ1n) is 6.14. The van der Waals surface area contributed by atoms with Crippen molar-refractivity contribution in [3.63, 3.8) is 0 Å². The third-order valence-electron chi connectivity index (χ3n) is 3.33. The third-order valence-corrected chi connectivity index (χ3v) is 3.33. The SMILES string of the molecule is Cc1[nH]nc2ccc(OCC3CCCN3)cc12. The summed E-state index contributed by atoms with van der Waals surface area (Å²) in [6, 6.07) is 6.55. The van der Waals surface area contributed by atoms with Crippen molar-refractivity contribution in [3.8, 4) is 5.75 Å². The number of nitrogens with zero attached hydrogens (tertiary/aromatic N) is 1. The zero-order chi connectivity index (χ0) is 11.7. The molecule has 1 aromatic heterocycles. The molecule has 17 heavy (non-hydrogen) atoms. The number of aromatic nitrogens is 2. The van der Waals surface area contributed by atoms with E-state index in [1.54, 1.807) is 0 Å². The Labute approximate surface area is 100 Å². The molecule has 1 aromatic carbocycles. The van der Waals surface area contributed by atoms with E-state index in [-0.39, 0.29) is 0 Å². The van der Waals surface area contributed by atoms with Crippen molar-refractivity contribution < 1.29 is 4.74 Å². The van der Waals surface area contributed by atoms with Gasteiger partial charge in [-0.3, -0.25) is 5.10 Å². The van der Waals surface area contributed by atoms with Gasteiger partial charge < -0.3 is 10.1 Å². The lowest BCUT2D eigenvalue weighted by Crippen LogP contribution is -2.28. The largest absolute Gasteiger partial charge is 0.492 e. The van der Waals surface area contributed by atoms with E-state index in [0.29, 0.717) is 6.04 Å². The summed E-state index contributed by atoms with van der Waals surface area (Å²) in [5, 5.41) is 11.8. The second-order valence-electron chi connectivity index (χ2n) is 4.63. The van der Waals surface area contributed by atoms with Crippen molar-refractivity contribution >= 4 is 10.9 Å². The van der Waals surface area contributed by atoms with Crippen LogP contribution in [0.4, 0.5) is 0 Å². The van der Waals surface area contributed by atoms with Gasteiger partial charge in [0.2, 0.25) is 0 Å². The molecular formula is C13H17N3O. The Morgan fingerprint density at radius 3 is 3.24 bits per heavy atom. The minimum Gasteiger partial charge on any atom is -0.492 e. The molecule has 0 saturated carbocycles. The van der Waals surface area contributed by atoms with Crippen molar-refractivity contribution in [1.82, 2.24) is 15.5 Å². The van der Waals surface area contributed by atoms with E-state index in [0.717, 1.165) is 35.5 Å². The quantitative estimate of drug-likeness (QED) is 0.849. The highest BCUT2D eigenvalue weighted by Gasteiger charge is 2.14. The Bertz CT molecular complexity index is 514. The van der Waals surface area contributed by atoms with Crippen LogP contribution in [0.15, 0.2) is 18.2 Å². The summed E-state index contributed by atoms with van der Waals surface area (Å²) in [7, 11) is 0. The molecule has 0 bridgehead atoms. The van der Waals surface area contributed by atoms with Crippen LogP contribution in [0.3, 0.4) is 0 Å². The normalized spacial score (nSPS) is 19.9. The molecule has 1 unspecified atom stereocenters. The van der Waals surface area contributed by atoms with Gasteiger partial charge in [0.15, 0.2) is 0 Å². The van der Waals surface area contributed by atoms with Crippen LogP contribution in [0.5, 0.6) is 5.75 Å². The van der Waals surface area contributed by atoms with Crippen LogP contribution in [0.25, 0.3) is 10.9 Å². The molecule has 3 rings (SSSR count). The highest BCUT2D eigenvalue weighted by atomic mass is 16.5. The Balaban J connectivity index is 1.73. The molecular weight excluding hydrogens is 214 g/mol. The van der Waals surface area contributed by atoms with Gasteiger partial charge in [0.05, 0.1) is 5.52 Å². The minimum absolute atomic E-state index is 0.510. The molecule has 4 heteroatoms. The Morgan fingerprint density at radius 1 is 1.47 bits per heavy atom. The van der Waals surface area contributed by atoms with E-state index in [4.69, 9.17) is 4.74 Å². The zero-order valence-corrected chi connectivity index (χ0v) is 9.99. The van der Waals surface area contributed by atoms with Crippen molar-refractivity contribution in [3.05, 3.63) is 23.9 Å². The number of benzene rings is 1. The molecule has 0 aliphatic carbocycles. The summed E-state index contributed by atoms with van der Waals surface area (Å²) in [5.74, 6) is 0.927. The summed E-state index contributed by atoms with van der Waals surface area (Å²) in [6.45, 7) is 3.90. The predicted octanol–water partition coefficient (Wildman–Crippen LogP) is 2.00. The fourth-order valence-electron chi connectivity index (χ4n) is 2.30. The van der Waals surface area contributed by atoms with E-state index < -0.39 is 0 Å². The number of fused-ring (bicyclic) bond motifs is 1. The molecule has 2 aromatic rings. The van der Waals surface area contributed by atoms with E-state index in [1.807, 2.05) is 19.1 Å². The lowest BCUT2D eigenvalue weighted by Gasteiger charge is -2.11. The molecule has 0 radical (unpaired) electrons. The van der Waals surface area contributed by atoms with Gasteiger partial charge in [0.1, 0.15) is 12.4 Å². The number of H-pyrrole nitrogens is 1. The Kier molecular flexibility index (Phi) is 2.73. The molecule has 1 atom stereocenters. The first-order chi connectivity index (χ1) is 8.33.